The number of carbonyl (C=O) groups excluding carboxylic acids is 1. The standard InChI is InChI=1S/C14H22N4O/c1-9-5-10(2)11(3)18(8-9)14(19)12-6-16-7-13(15-4)17-12/h6-7,9-11H,5,8H2,1-4H3,(H,15,17). The van der Waals surface area contributed by atoms with Gasteiger partial charge in [0.1, 0.15) is 11.5 Å². The minimum absolute atomic E-state index is 0.0181. The summed E-state index contributed by atoms with van der Waals surface area (Å²) < 4.78 is 0. The van der Waals surface area contributed by atoms with Crippen LogP contribution in [0.5, 0.6) is 0 Å². The number of rotatable bonds is 2. The van der Waals surface area contributed by atoms with Crippen LogP contribution in [0.15, 0.2) is 12.4 Å². The van der Waals surface area contributed by atoms with Gasteiger partial charge in [-0.3, -0.25) is 9.78 Å². The van der Waals surface area contributed by atoms with Crippen molar-refractivity contribution in [2.75, 3.05) is 18.9 Å². The summed E-state index contributed by atoms with van der Waals surface area (Å²) >= 11 is 0. The van der Waals surface area contributed by atoms with E-state index in [0.29, 0.717) is 23.3 Å². The molecule has 1 aliphatic rings. The van der Waals surface area contributed by atoms with Crippen molar-refractivity contribution in [3.8, 4) is 0 Å². The first kappa shape index (κ1) is 13.8. The van der Waals surface area contributed by atoms with Gasteiger partial charge in [-0.2, -0.15) is 0 Å². The fourth-order valence-corrected chi connectivity index (χ4v) is 2.72. The number of amides is 1. The van der Waals surface area contributed by atoms with Crippen LogP contribution in [0.1, 0.15) is 37.7 Å². The maximum Gasteiger partial charge on any atom is 0.274 e. The lowest BCUT2D eigenvalue weighted by Gasteiger charge is -2.40. The molecule has 0 bridgehead atoms. The maximum atomic E-state index is 12.6. The van der Waals surface area contributed by atoms with E-state index in [4.69, 9.17) is 0 Å². The zero-order chi connectivity index (χ0) is 14.0. The zero-order valence-corrected chi connectivity index (χ0v) is 12.1. The van der Waals surface area contributed by atoms with E-state index in [0.717, 1.165) is 6.54 Å². The van der Waals surface area contributed by atoms with Crippen molar-refractivity contribution < 1.29 is 4.79 Å². The molecule has 1 saturated heterocycles. The largest absolute Gasteiger partial charge is 0.372 e. The van der Waals surface area contributed by atoms with Crippen LogP contribution in [0.25, 0.3) is 0 Å². The summed E-state index contributed by atoms with van der Waals surface area (Å²) in [6.45, 7) is 7.31. The minimum atomic E-state index is -0.0181. The molecule has 1 aromatic heterocycles. The van der Waals surface area contributed by atoms with Crippen LogP contribution in [0, 0.1) is 11.8 Å². The van der Waals surface area contributed by atoms with E-state index in [2.05, 4.69) is 36.1 Å². The van der Waals surface area contributed by atoms with Crippen molar-refractivity contribution >= 4 is 11.7 Å². The van der Waals surface area contributed by atoms with Gasteiger partial charge in [0, 0.05) is 19.6 Å². The lowest BCUT2D eigenvalue weighted by molar-refractivity contribution is 0.0449. The van der Waals surface area contributed by atoms with Gasteiger partial charge >= 0.3 is 0 Å². The number of aromatic nitrogens is 2. The summed E-state index contributed by atoms with van der Waals surface area (Å²) in [7, 11) is 1.77. The highest BCUT2D eigenvalue weighted by atomic mass is 16.2. The molecular weight excluding hydrogens is 240 g/mol. The smallest absolute Gasteiger partial charge is 0.274 e. The number of nitrogens with zero attached hydrogens (tertiary/aromatic N) is 3. The van der Waals surface area contributed by atoms with E-state index >= 15 is 0 Å². The molecular formula is C14H22N4O. The summed E-state index contributed by atoms with van der Waals surface area (Å²) in [4.78, 5) is 22.8. The first-order valence-corrected chi connectivity index (χ1v) is 6.83. The van der Waals surface area contributed by atoms with Gasteiger partial charge in [-0.15, -0.1) is 0 Å². The fourth-order valence-electron chi connectivity index (χ4n) is 2.72. The van der Waals surface area contributed by atoms with Crippen LogP contribution in [-0.2, 0) is 0 Å². The van der Waals surface area contributed by atoms with E-state index in [1.807, 2.05) is 4.90 Å². The van der Waals surface area contributed by atoms with E-state index in [-0.39, 0.29) is 11.9 Å². The Morgan fingerprint density at radius 2 is 2.11 bits per heavy atom. The second-order valence-electron chi connectivity index (χ2n) is 5.56. The summed E-state index contributed by atoms with van der Waals surface area (Å²) in [5.41, 5.74) is 0.417. The first-order chi connectivity index (χ1) is 9.02. The Labute approximate surface area is 114 Å². The van der Waals surface area contributed by atoms with Crippen LogP contribution >= 0.6 is 0 Å². The van der Waals surface area contributed by atoms with Crippen molar-refractivity contribution in [1.82, 2.24) is 14.9 Å². The lowest BCUT2D eigenvalue weighted by Crippen LogP contribution is -2.49. The average molecular weight is 262 g/mol. The van der Waals surface area contributed by atoms with Crippen LogP contribution in [0.2, 0.25) is 0 Å². The van der Waals surface area contributed by atoms with Crippen molar-refractivity contribution in [2.24, 2.45) is 11.8 Å². The van der Waals surface area contributed by atoms with Crippen LogP contribution < -0.4 is 5.32 Å². The molecule has 104 valence electrons. The third kappa shape index (κ3) is 2.85. The lowest BCUT2D eigenvalue weighted by atomic mass is 9.86. The highest BCUT2D eigenvalue weighted by Crippen LogP contribution is 2.27. The van der Waals surface area contributed by atoms with Gasteiger partial charge < -0.3 is 10.2 Å². The van der Waals surface area contributed by atoms with Crippen molar-refractivity contribution in [1.29, 1.82) is 0 Å². The Hall–Kier alpha value is -1.65. The molecule has 0 spiro atoms. The quantitative estimate of drug-likeness (QED) is 0.886. The van der Waals surface area contributed by atoms with Gasteiger partial charge in [-0.25, -0.2) is 4.98 Å². The SMILES string of the molecule is CNc1cncc(C(=O)N2CC(C)CC(C)C2C)n1. The van der Waals surface area contributed by atoms with Gasteiger partial charge in [0.15, 0.2) is 0 Å². The number of nitrogens with one attached hydrogen (secondary N) is 1. The molecule has 1 aromatic rings. The van der Waals surface area contributed by atoms with Crippen molar-refractivity contribution in [3.63, 3.8) is 0 Å². The second kappa shape index (κ2) is 5.55. The molecule has 0 aromatic carbocycles. The summed E-state index contributed by atoms with van der Waals surface area (Å²) in [5, 5.41) is 2.91. The number of piperidine rings is 1. The predicted octanol–water partition coefficient (Wildman–Crippen LogP) is 2.02. The summed E-state index contributed by atoms with van der Waals surface area (Å²) in [5.74, 6) is 1.66. The number of hydrogen-bond donors (Lipinski definition) is 1. The normalized spacial score (nSPS) is 27.2. The third-order valence-electron chi connectivity index (χ3n) is 3.97. The van der Waals surface area contributed by atoms with Crippen LogP contribution in [0.4, 0.5) is 5.82 Å². The van der Waals surface area contributed by atoms with Crippen LogP contribution in [-0.4, -0.2) is 40.4 Å². The summed E-state index contributed by atoms with van der Waals surface area (Å²) in [6, 6.07) is 0.253. The van der Waals surface area contributed by atoms with Gasteiger partial charge in [-0.1, -0.05) is 13.8 Å². The Balaban J connectivity index is 2.22. The highest BCUT2D eigenvalue weighted by molar-refractivity contribution is 5.92. The Kier molecular flexibility index (Phi) is 4.02. The molecule has 1 aliphatic heterocycles. The molecule has 3 atom stereocenters. The van der Waals surface area contributed by atoms with Gasteiger partial charge in [0.25, 0.3) is 5.91 Å². The minimum Gasteiger partial charge on any atom is -0.372 e. The first-order valence-electron chi connectivity index (χ1n) is 6.83. The maximum absolute atomic E-state index is 12.6. The Bertz CT molecular complexity index is 463. The Morgan fingerprint density at radius 3 is 2.79 bits per heavy atom. The molecule has 1 N–H and O–H groups in total. The Morgan fingerprint density at radius 1 is 1.37 bits per heavy atom. The van der Waals surface area contributed by atoms with E-state index in [1.165, 1.54) is 6.42 Å². The average Bonchev–Trinajstić information content (AvgIpc) is 2.42. The van der Waals surface area contributed by atoms with Crippen molar-refractivity contribution in [2.45, 2.75) is 33.2 Å². The van der Waals surface area contributed by atoms with Crippen LogP contribution in [0.3, 0.4) is 0 Å². The molecule has 5 heteroatoms. The fraction of sp³-hybridized carbons (Fsp3) is 0.643. The highest BCUT2D eigenvalue weighted by Gasteiger charge is 2.32. The number of anilines is 1. The molecule has 0 saturated carbocycles. The second-order valence-corrected chi connectivity index (χ2v) is 5.56. The number of hydrogen-bond acceptors (Lipinski definition) is 4. The number of likely N-dealkylation sites (tertiary alicyclic amines) is 1. The van der Waals surface area contributed by atoms with E-state index < -0.39 is 0 Å². The molecule has 5 nitrogen and oxygen atoms in total. The molecule has 2 rings (SSSR count). The zero-order valence-electron chi connectivity index (χ0n) is 12.1. The van der Waals surface area contributed by atoms with Gasteiger partial charge in [0.2, 0.25) is 0 Å². The predicted molar refractivity (Wildman–Crippen MR) is 75.0 cm³/mol. The molecule has 0 radical (unpaired) electrons. The molecule has 2 heterocycles. The molecule has 3 unspecified atom stereocenters. The molecule has 1 amide bonds. The number of carbonyl (C=O) groups is 1. The monoisotopic (exact) mass is 262 g/mol. The van der Waals surface area contributed by atoms with Crippen molar-refractivity contribution in [3.05, 3.63) is 18.1 Å². The van der Waals surface area contributed by atoms with Gasteiger partial charge in [-0.05, 0) is 25.2 Å². The van der Waals surface area contributed by atoms with E-state index in [9.17, 15) is 4.79 Å². The molecule has 1 fully saturated rings. The molecule has 19 heavy (non-hydrogen) atoms. The summed E-state index contributed by atoms with van der Waals surface area (Å²) in [6.07, 6.45) is 4.33. The third-order valence-corrected chi connectivity index (χ3v) is 3.97. The van der Waals surface area contributed by atoms with Gasteiger partial charge in [0.05, 0.1) is 12.4 Å². The molecule has 0 aliphatic carbocycles. The van der Waals surface area contributed by atoms with E-state index in [1.54, 1.807) is 19.4 Å². The topological polar surface area (TPSA) is 58.1 Å².